The average molecular weight is 528 g/mol. The average Bonchev–Trinajstić information content (AvgIpc) is 3.44. The Kier molecular flexibility index (Phi) is 6.00. The largest absolute Gasteiger partial charge is 0.497 e. The second-order valence-electron chi connectivity index (χ2n) is 10.1. The third-order valence-corrected chi connectivity index (χ3v) is 7.61. The topological polar surface area (TPSA) is 71.7 Å². The van der Waals surface area contributed by atoms with Gasteiger partial charge in [0.2, 0.25) is 5.95 Å². The zero-order valence-corrected chi connectivity index (χ0v) is 22.5. The molecule has 0 unspecified atom stereocenters. The van der Waals surface area contributed by atoms with Gasteiger partial charge < -0.3 is 14.5 Å². The Labute approximate surface area is 232 Å². The van der Waals surface area contributed by atoms with E-state index in [1.165, 1.54) is 11.3 Å². The lowest BCUT2D eigenvalue weighted by Gasteiger charge is -2.36. The Balaban J connectivity index is 1.13. The number of hydrogen-bond acceptors (Lipinski definition) is 7. The number of methoxy groups -OCH3 is 1. The van der Waals surface area contributed by atoms with Gasteiger partial charge in [-0.3, -0.25) is 9.38 Å². The van der Waals surface area contributed by atoms with Crippen molar-refractivity contribution in [2.75, 3.05) is 43.1 Å². The smallest absolute Gasteiger partial charge is 0.225 e. The molecule has 0 spiro atoms. The van der Waals surface area contributed by atoms with Crippen molar-refractivity contribution in [2.45, 2.75) is 6.92 Å². The quantitative estimate of drug-likeness (QED) is 0.287. The van der Waals surface area contributed by atoms with Crippen LogP contribution in [-0.2, 0) is 0 Å². The Morgan fingerprint density at radius 1 is 0.775 bits per heavy atom. The summed E-state index contributed by atoms with van der Waals surface area (Å²) in [4.78, 5) is 22.9. The van der Waals surface area contributed by atoms with Crippen LogP contribution in [-0.4, -0.2) is 57.6 Å². The molecule has 7 rings (SSSR count). The summed E-state index contributed by atoms with van der Waals surface area (Å²) in [5, 5.41) is 1.04. The standard InChI is InChI=1S/C32H29N7O/c1-22-18-28(27-20-26(40-2)8-9-29(27)36-22)30-21-35-31-19-24(10-13-39(30)31)23-4-6-25(7-5-23)37-14-16-38(17-15-37)32-33-11-3-12-34-32/h3-13,18-21H,14-17H2,1-2H3. The first kappa shape index (κ1) is 24.1. The van der Waals surface area contributed by atoms with Gasteiger partial charge in [-0.2, -0.15) is 0 Å². The molecule has 8 heteroatoms. The van der Waals surface area contributed by atoms with Crippen LogP contribution < -0.4 is 14.5 Å². The van der Waals surface area contributed by atoms with E-state index in [1.807, 2.05) is 37.4 Å². The first-order valence-corrected chi connectivity index (χ1v) is 13.5. The summed E-state index contributed by atoms with van der Waals surface area (Å²) in [6.07, 6.45) is 7.65. The molecular formula is C32H29N7O. The van der Waals surface area contributed by atoms with Gasteiger partial charge in [0, 0.05) is 67.1 Å². The Bertz CT molecular complexity index is 1810. The number of fused-ring (bicyclic) bond motifs is 2. The summed E-state index contributed by atoms with van der Waals surface area (Å²) < 4.78 is 7.63. The lowest BCUT2D eigenvalue weighted by molar-refractivity contribution is 0.415. The van der Waals surface area contributed by atoms with Crippen LogP contribution in [0.25, 0.3) is 38.9 Å². The molecule has 0 radical (unpaired) electrons. The number of imidazole rings is 1. The van der Waals surface area contributed by atoms with Gasteiger partial charge in [0.1, 0.15) is 11.4 Å². The fourth-order valence-corrected chi connectivity index (χ4v) is 5.52. The molecule has 1 aliphatic rings. The third-order valence-electron chi connectivity index (χ3n) is 7.61. The molecule has 6 aromatic rings. The highest BCUT2D eigenvalue weighted by molar-refractivity contribution is 5.95. The fraction of sp³-hybridized carbons (Fsp3) is 0.188. The van der Waals surface area contributed by atoms with Crippen molar-refractivity contribution in [3.05, 3.63) is 97.2 Å². The van der Waals surface area contributed by atoms with Crippen molar-refractivity contribution in [1.82, 2.24) is 24.3 Å². The molecule has 0 amide bonds. The maximum absolute atomic E-state index is 5.49. The molecule has 40 heavy (non-hydrogen) atoms. The van der Waals surface area contributed by atoms with Crippen LogP contribution >= 0.6 is 0 Å². The molecule has 0 atom stereocenters. The van der Waals surface area contributed by atoms with Gasteiger partial charge in [-0.15, -0.1) is 0 Å². The summed E-state index contributed by atoms with van der Waals surface area (Å²) in [6, 6.07) is 23.1. The SMILES string of the molecule is COc1ccc2nc(C)cc(-c3cnc4cc(-c5ccc(N6CCN(c7ncccn7)CC6)cc5)ccn34)c2c1. The van der Waals surface area contributed by atoms with E-state index in [0.29, 0.717) is 0 Å². The molecule has 1 saturated heterocycles. The highest BCUT2D eigenvalue weighted by Crippen LogP contribution is 2.33. The van der Waals surface area contributed by atoms with Crippen molar-refractivity contribution in [2.24, 2.45) is 0 Å². The van der Waals surface area contributed by atoms with E-state index >= 15 is 0 Å². The summed E-state index contributed by atoms with van der Waals surface area (Å²) >= 11 is 0. The Morgan fingerprint density at radius 2 is 1.55 bits per heavy atom. The molecule has 5 heterocycles. The number of ether oxygens (including phenoxy) is 1. The number of benzene rings is 2. The highest BCUT2D eigenvalue weighted by Gasteiger charge is 2.19. The molecule has 2 aromatic carbocycles. The zero-order valence-electron chi connectivity index (χ0n) is 22.5. The first-order valence-electron chi connectivity index (χ1n) is 13.5. The maximum Gasteiger partial charge on any atom is 0.225 e. The van der Waals surface area contributed by atoms with Crippen LogP contribution in [0.3, 0.4) is 0 Å². The third kappa shape index (κ3) is 4.37. The molecule has 4 aromatic heterocycles. The van der Waals surface area contributed by atoms with Gasteiger partial charge in [-0.05, 0) is 72.6 Å². The van der Waals surface area contributed by atoms with E-state index in [4.69, 9.17) is 14.7 Å². The number of nitrogens with zero attached hydrogens (tertiary/aromatic N) is 7. The molecule has 0 saturated carbocycles. The van der Waals surface area contributed by atoms with Crippen molar-refractivity contribution in [3.63, 3.8) is 0 Å². The van der Waals surface area contributed by atoms with E-state index in [-0.39, 0.29) is 0 Å². The van der Waals surface area contributed by atoms with Crippen LogP contribution in [0.5, 0.6) is 5.75 Å². The van der Waals surface area contributed by atoms with Gasteiger partial charge >= 0.3 is 0 Å². The molecule has 0 aliphatic carbocycles. The van der Waals surface area contributed by atoms with E-state index < -0.39 is 0 Å². The first-order chi connectivity index (χ1) is 19.7. The Hall–Kier alpha value is -4.98. The van der Waals surface area contributed by atoms with Crippen molar-refractivity contribution >= 4 is 28.2 Å². The highest BCUT2D eigenvalue weighted by atomic mass is 16.5. The van der Waals surface area contributed by atoms with Gasteiger partial charge in [0.25, 0.3) is 0 Å². The van der Waals surface area contributed by atoms with Crippen molar-refractivity contribution < 1.29 is 4.74 Å². The fourth-order valence-electron chi connectivity index (χ4n) is 5.52. The maximum atomic E-state index is 5.49. The number of aryl methyl sites for hydroxylation is 1. The molecule has 198 valence electrons. The molecule has 8 nitrogen and oxygen atoms in total. The number of aromatic nitrogens is 5. The molecular weight excluding hydrogens is 498 g/mol. The van der Waals surface area contributed by atoms with E-state index in [2.05, 4.69) is 72.8 Å². The van der Waals surface area contributed by atoms with E-state index in [0.717, 1.165) is 76.9 Å². The van der Waals surface area contributed by atoms with Gasteiger partial charge in [0.05, 0.1) is 24.5 Å². The number of anilines is 2. The van der Waals surface area contributed by atoms with Crippen molar-refractivity contribution in [1.29, 1.82) is 0 Å². The van der Waals surface area contributed by atoms with Crippen LogP contribution in [0.4, 0.5) is 11.6 Å². The molecule has 0 N–H and O–H groups in total. The molecule has 0 bridgehead atoms. The normalized spacial score (nSPS) is 13.8. The number of piperazine rings is 1. The van der Waals surface area contributed by atoms with E-state index in [1.54, 1.807) is 19.5 Å². The predicted octanol–water partition coefficient (Wildman–Crippen LogP) is 5.65. The summed E-state index contributed by atoms with van der Waals surface area (Å²) in [5.41, 5.74) is 8.47. The minimum Gasteiger partial charge on any atom is -0.497 e. The van der Waals surface area contributed by atoms with Crippen molar-refractivity contribution in [3.8, 4) is 28.1 Å². The van der Waals surface area contributed by atoms with Crippen LogP contribution in [0.1, 0.15) is 5.69 Å². The minimum absolute atomic E-state index is 0.807. The number of hydrogen-bond donors (Lipinski definition) is 0. The summed E-state index contributed by atoms with van der Waals surface area (Å²) in [7, 11) is 1.69. The summed E-state index contributed by atoms with van der Waals surface area (Å²) in [5.74, 6) is 1.62. The van der Waals surface area contributed by atoms with Crippen LogP contribution in [0.15, 0.2) is 91.5 Å². The van der Waals surface area contributed by atoms with Gasteiger partial charge in [0.15, 0.2) is 0 Å². The summed E-state index contributed by atoms with van der Waals surface area (Å²) in [6.45, 7) is 5.72. The molecule has 1 aliphatic heterocycles. The Morgan fingerprint density at radius 3 is 2.33 bits per heavy atom. The van der Waals surface area contributed by atoms with Crippen LogP contribution in [0.2, 0.25) is 0 Å². The van der Waals surface area contributed by atoms with Gasteiger partial charge in [-0.25, -0.2) is 15.0 Å². The number of rotatable bonds is 5. The van der Waals surface area contributed by atoms with Crippen LogP contribution in [0, 0.1) is 6.92 Å². The van der Waals surface area contributed by atoms with E-state index in [9.17, 15) is 0 Å². The predicted molar refractivity (Wildman–Crippen MR) is 159 cm³/mol. The zero-order chi connectivity index (χ0) is 27.1. The minimum atomic E-state index is 0.807. The number of pyridine rings is 2. The second-order valence-corrected chi connectivity index (χ2v) is 10.1. The lowest BCUT2D eigenvalue weighted by atomic mass is 10.0. The second kappa shape index (κ2) is 9.96. The lowest BCUT2D eigenvalue weighted by Crippen LogP contribution is -2.47. The monoisotopic (exact) mass is 527 g/mol. The molecule has 1 fully saturated rings. The van der Waals surface area contributed by atoms with Gasteiger partial charge in [-0.1, -0.05) is 12.1 Å².